The van der Waals surface area contributed by atoms with Crippen LogP contribution in [0.4, 0.5) is 10.1 Å². The van der Waals surface area contributed by atoms with Crippen LogP contribution in [-0.2, 0) is 6.54 Å². The highest BCUT2D eigenvalue weighted by molar-refractivity contribution is 5.71. The van der Waals surface area contributed by atoms with Gasteiger partial charge in [0, 0.05) is 36.1 Å². The molecule has 150 valence electrons. The number of nitrogens with one attached hydrogen (secondary N) is 1. The van der Waals surface area contributed by atoms with E-state index in [9.17, 15) is 4.39 Å². The molecule has 1 fully saturated rings. The average molecular weight is 401 g/mol. The second-order valence-corrected chi connectivity index (χ2v) is 8.08. The zero-order valence-corrected chi connectivity index (χ0v) is 16.2. The second-order valence-electron chi connectivity index (χ2n) is 8.08. The molecule has 0 saturated heterocycles. The molecule has 4 aromatic rings. The maximum Gasteiger partial charge on any atom is 0.203 e. The van der Waals surface area contributed by atoms with Crippen LogP contribution in [0.3, 0.4) is 0 Å². The van der Waals surface area contributed by atoms with E-state index in [2.05, 4.69) is 55.9 Å². The van der Waals surface area contributed by atoms with Crippen molar-refractivity contribution in [1.82, 2.24) is 24.8 Å². The zero-order valence-electron chi connectivity index (χ0n) is 16.2. The number of fused-ring (bicyclic) bond motifs is 5. The summed E-state index contributed by atoms with van der Waals surface area (Å²) in [6, 6.07) is 15.6. The first kappa shape index (κ1) is 17.3. The lowest BCUT2D eigenvalue weighted by atomic mass is 9.87. The number of hydrogen-bond acceptors (Lipinski definition) is 5. The molecule has 1 aliphatic carbocycles. The van der Waals surface area contributed by atoms with Gasteiger partial charge >= 0.3 is 0 Å². The summed E-state index contributed by atoms with van der Waals surface area (Å²) in [4.78, 5) is 0. The normalized spacial score (nSPS) is 19.3. The SMILES string of the molecule is NC1CC(Nc2ccc3c(c2)Cn2cc(-c4ccc(F)cc4)cc2-c2nnnn2-3)C1. The fourth-order valence-electron chi connectivity index (χ4n) is 4.35. The van der Waals surface area contributed by atoms with Crippen molar-refractivity contribution in [2.24, 2.45) is 5.73 Å². The number of benzene rings is 2. The number of rotatable bonds is 3. The molecule has 2 aliphatic rings. The lowest BCUT2D eigenvalue weighted by Gasteiger charge is -2.34. The predicted molar refractivity (Wildman–Crippen MR) is 112 cm³/mol. The molecule has 7 nitrogen and oxygen atoms in total. The van der Waals surface area contributed by atoms with Crippen LogP contribution in [0, 0.1) is 5.82 Å². The molecule has 2 aromatic heterocycles. The number of aromatic nitrogens is 5. The monoisotopic (exact) mass is 401 g/mol. The minimum absolute atomic E-state index is 0.246. The molecule has 0 bridgehead atoms. The Labute approximate surface area is 172 Å². The van der Waals surface area contributed by atoms with Gasteiger partial charge in [0.15, 0.2) is 0 Å². The van der Waals surface area contributed by atoms with Crippen LogP contribution in [0.1, 0.15) is 18.4 Å². The molecule has 0 radical (unpaired) electrons. The summed E-state index contributed by atoms with van der Waals surface area (Å²) in [5, 5.41) is 16.0. The Hall–Kier alpha value is -3.52. The number of halogens is 1. The quantitative estimate of drug-likeness (QED) is 0.485. The molecular formula is C22H20FN7. The molecule has 30 heavy (non-hydrogen) atoms. The minimum atomic E-state index is -0.246. The summed E-state index contributed by atoms with van der Waals surface area (Å²) >= 11 is 0. The minimum Gasteiger partial charge on any atom is -0.382 e. The van der Waals surface area contributed by atoms with Crippen molar-refractivity contribution in [3.05, 3.63) is 66.1 Å². The van der Waals surface area contributed by atoms with E-state index in [4.69, 9.17) is 5.73 Å². The van der Waals surface area contributed by atoms with Crippen LogP contribution in [0.25, 0.3) is 28.3 Å². The average Bonchev–Trinajstić information content (AvgIpc) is 3.33. The molecule has 1 aliphatic heterocycles. The Morgan fingerprint density at radius 2 is 1.87 bits per heavy atom. The van der Waals surface area contributed by atoms with Gasteiger partial charge in [-0.1, -0.05) is 12.1 Å². The zero-order chi connectivity index (χ0) is 20.2. The van der Waals surface area contributed by atoms with E-state index in [1.807, 2.05) is 0 Å². The van der Waals surface area contributed by atoms with Gasteiger partial charge in [-0.15, -0.1) is 5.10 Å². The molecule has 3 N–H and O–H groups in total. The molecule has 0 spiro atoms. The van der Waals surface area contributed by atoms with E-state index >= 15 is 0 Å². The molecule has 0 amide bonds. The van der Waals surface area contributed by atoms with Gasteiger partial charge in [0.1, 0.15) is 5.82 Å². The van der Waals surface area contributed by atoms with Gasteiger partial charge in [-0.3, -0.25) is 0 Å². The third kappa shape index (κ3) is 2.80. The number of anilines is 1. The molecule has 8 heteroatoms. The molecule has 3 heterocycles. The molecular weight excluding hydrogens is 381 g/mol. The molecule has 0 atom stereocenters. The van der Waals surface area contributed by atoms with E-state index in [1.165, 1.54) is 12.1 Å². The van der Waals surface area contributed by atoms with E-state index in [0.29, 0.717) is 24.5 Å². The smallest absolute Gasteiger partial charge is 0.203 e. The van der Waals surface area contributed by atoms with Gasteiger partial charge in [-0.2, -0.15) is 4.68 Å². The van der Waals surface area contributed by atoms with Crippen molar-refractivity contribution < 1.29 is 4.39 Å². The van der Waals surface area contributed by atoms with Crippen LogP contribution in [0.5, 0.6) is 0 Å². The third-order valence-corrected chi connectivity index (χ3v) is 5.97. The highest BCUT2D eigenvalue weighted by Crippen LogP contribution is 2.34. The highest BCUT2D eigenvalue weighted by Gasteiger charge is 2.27. The number of nitrogens with two attached hydrogens (primary N) is 1. The van der Waals surface area contributed by atoms with Crippen molar-refractivity contribution in [2.45, 2.75) is 31.5 Å². The Kier molecular flexibility index (Phi) is 3.76. The summed E-state index contributed by atoms with van der Waals surface area (Å²) in [6.45, 7) is 0.677. The van der Waals surface area contributed by atoms with Crippen molar-refractivity contribution in [3.8, 4) is 28.3 Å². The summed E-state index contributed by atoms with van der Waals surface area (Å²) in [7, 11) is 0. The Morgan fingerprint density at radius 1 is 1.03 bits per heavy atom. The van der Waals surface area contributed by atoms with Gasteiger partial charge in [-0.25, -0.2) is 4.39 Å². The van der Waals surface area contributed by atoms with Crippen LogP contribution < -0.4 is 11.1 Å². The number of nitrogens with zero attached hydrogens (tertiary/aromatic N) is 5. The first-order chi connectivity index (χ1) is 14.6. The fourth-order valence-corrected chi connectivity index (χ4v) is 4.35. The maximum absolute atomic E-state index is 13.3. The van der Waals surface area contributed by atoms with Gasteiger partial charge in [0.2, 0.25) is 5.82 Å². The second kappa shape index (κ2) is 6.50. The topological polar surface area (TPSA) is 86.6 Å². The van der Waals surface area contributed by atoms with Gasteiger partial charge in [0.25, 0.3) is 0 Å². The van der Waals surface area contributed by atoms with Crippen LogP contribution in [0.15, 0.2) is 54.7 Å². The Bertz CT molecular complexity index is 1230. The maximum atomic E-state index is 13.3. The van der Waals surface area contributed by atoms with Crippen LogP contribution >= 0.6 is 0 Å². The number of tetrazole rings is 1. The van der Waals surface area contributed by atoms with E-state index < -0.39 is 0 Å². The van der Waals surface area contributed by atoms with Crippen molar-refractivity contribution in [3.63, 3.8) is 0 Å². The molecule has 6 rings (SSSR count). The fraction of sp³-hybridized carbons (Fsp3) is 0.227. The summed E-state index contributed by atoms with van der Waals surface area (Å²) in [6.07, 6.45) is 4.07. The summed E-state index contributed by atoms with van der Waals surface area (Å²) < 4.78 is 17.3. The first-order valence-electron chi connectivity index (χ1n) is 10.0. The van der Waals surface area contributed by atoms with E-state index in [-0.39, 0.29) is 5.82 Å². The highest BCUT2D eigenvalue weighted by atomic mass is 19.1. The third-order valence-electron chi connectivity index (χ3n) is 5.97. The summed E-state index contributed by atoms with van der Waals surface area (Å²) in [5.41, 5.74) is 12.0. The standard InChI is InChI=1S/C22H20FN7/c23-16-3-1-13(2-4-16)14-8-21-22-26-27-28-30(22)20-6-5-18(25-19-9-17(24)10-19)7-15(20)12-29(21)11-14/h1-8,11,17,19,25H,9-10,12,24H2. The summed E-state index contributed by atoms with van der Waals surface area (Å²) in [5.74, 6) is 0.442. The van der Waals surface area contributed by atoms with Crippen molar-refractivity contribution >= 4 is 5.69 Å². The van der Waals surface area contributed by atoms with E-state index in [0.717, 1.165) is 46.6 Å². The molecule has 2 aromatic carbocycles. The Morgan fingerprint density at radius 3 is 2.67 bits per heavy atom. The predicted octanol–water partition coefficient (Wildman–Crippen LogP) is 3.20. The lowest BCUT2D eigenvalue weighted by Crippen LogP contribution is -2.44. The molecule has 1 saturated carbocycles. The van der Waals surface area contributed by atoms with Crippen LogP contribution in [0.2, 0.25) is 0 Å². The lowest BCUT2D eigenvalue weighted by molar-refractivity contribution is 0.373. The van der Waals surface area contributed by atoms with E-state index in [1.54, 1.807) is 16.8 Å². The van der Waals surface area contributed by atoms with Crippen molar-refractivity contribution in [2.75, 3.05) is 5.32 Å². The van der Waals surface area contributed by atoms with Crippen LogP contribution in [-0.4, -0.2) is 36.9 Å². The van der Waals surface area contributed by atoms with Gasteiger partial charge in [0.05, 0.1) is 11.4 Å². The first-order valence-corrected chi connectivity index (χ1v) is 10.0. The van der Waals surface area contributed by atoms with Gasteiger partial charge in [-0.05, 0) is 70.8 Å². The molecule has 0 unspecified atom stereocenters. The van der Waals surface area contributed by atoms with Gasteiger partial charge < -0.3 is 15.6 Å². The van der Waals surface area contributed by atoms with Crippen molar-refractivity contribution in [1.29, 1.82) is 0 Å². The largest absolute Gasteiger partial charge is 0.382 e. The Balaban J connectivity index is 1.41. The number of hydrogen-bond donors (Lipinski definition) is 2.